The Labute approximate surface area is 116 Å². The van der Waals surface area contributed by atoms with Gasteiger partial charge in [-0.1, -0.05) is 0 Å². The Hall–Kier alpha value is -0.610. The summed E-state index contributed by atoms with van der Waals surface area (Å²) in [5.41, 5.74) is 0. The van der Waals surface area contributed by atoms with Gasteiger partial charge in [-0.25, -0.2) is 0 Å². The molecule has 0 aromatic carbocycles. The third kappa shape index (κ3) is 3.29. The minimum Gasteiger partial charge on any atom is -0.341 e. The molecule has 0 spiro atoms. The number of amides is 1. The van der Waals surface area contributed by atoms with Crippen LogP contribution in [0.5, 0.6) is 0 Å². The number of carbonyl (C=O) groups is 1. The van der Waals surface area contributed by atoms with Crippen LogP contribution in [0.1, 0.15) is 44.9 Å². The van der Waals surface area contributed by atoms with E-state index in [-0.39, 0.29) is 0 Å². The van der Waals surface area contributed by atoms with E-state index in [1.54, 1.807) is 0 Å². The lowest BCUT2D eigenvalue weighted by atomic mass is 10.0. The summed E-state index contributed by atoms with van der Waals surface area (Å²) in [5, 5.41) is 3.43. The second-order valence-corrected chi connectivity index (χ2v) is 6.38. The molecule has 2 unspecified atom stereocenters. The van der Waals surface area contributed by atoms with E-state index in [1.165, 1.54) is 51.6 Å². The highest BCUT2D eigenvalue weighted by atomic mass is 16.2. The minimum absolute atomic E-state index is 0.378. The van der Waals surface area contributed by atoms with E-state index in [0.29, 0.717) is 24.4 Å². The van der Waals surface area contributed by atoms with Crippen LogP contribution in [0.4, 0.5) is 0 Å². The van der Waals surface area contributed by atoms with E-state index in [2.05, 4.69) is 15.1 Å². The Kier molecular flexibility index (Phi) is 4.38. The van der Waals surface area contributed by atoms with Gasteiger partial charge < -0.3 is 10.2 Å². The molecule has 108 valence electrons. The fourth-order valence-corrected chi connectivity index (χ4v) is 3.86. The van der Waals surface area contributed by atoms with Gasteiger partial charge >= 0.3 is 0 Å². The predicted octanol–water partition coefficient (Wildman–Crippen LogP) is 1.22. The summed E-state index contributed by atoms with van der Waals surface area (Å²) in [6.45, 7) is 5.55. The number of carbonyl (C=O) groups excluding carboxylic acids is 1. The molecule has 3 aliphatic heterocycles. The molecule has 0 radical (unpaired) electrons. The summed E-state index contributed by atoms with van der Waals surface area (Å²) in [4.78, 5) is 17.1. The van der Waals surface area contributed by atoms with E-state index in [4.69, 9.17) is 0 Å². The number of hydrogen-bond acceptors (Lipinski definition) is 3. The minimum atomic E-state index is 0.378. The van der Waals surface area contributed by atoms with Gasteiger partial charge in [0.1, 0.15) is 0 Å². The Balaban J connectivity index is 1.50. The molecule has 3 heterocycles. The molecule has 3 rings (SSSR count). The van der Waals surface area contributed by atoms with Gasteiger partial charge in [0.05, 0.1) is 0 Å². The zero-order chi connectivity index (χ0) is 13.1. The number of nitrogens with zero attached hydrogens (tertiary/aromatic N) is 2. The van der Waals surface area contributed by atoms with Crippen molar-refractivity contribution in [2.45, 2.75) is 57.0 Å². The summed E-state index contributed by atoms with van der Waals surface area (Å²) in [5.74, 6) is 0.378. The van der Waals surface area contributed by atoms with Crippen molar-refractivity contribution in [2.75, 3.05) is 32.7 Å². The van der Waals surface area contributed by atoms with Crippen LogP contribution in [0.2, 0.25) is 0 Å². The number of rotatable bonds is 3. The standard InChI is InChI=1S/C15H27N3O/c19-15(11-13-5-3-7-16-13)18-10-4-6-14(12-18)17-8-1-2-9-17/h13-14,16H,1-12H2. The van der Waals surface area contributed by atoms with Crippen molar-refractivity contribution >= 4 is 5.91 Å². The second-order valence-electron chi connectivity index (χ2n) is 6.38. The van der Waals surface area contributed by atoms with Crippen LogP contribution in [0.15, 0.2) is 0 Å². The third-order valence-corrected chi connectivity index (χ3v) is 4.99. The highest BCUT2D eigenvalue weighted by molar-refractivity contribution is 5.77. The summed E-state index contributed by atoms with van der Waals surface area (Å²) < 4.78 is 0. The zero-order valence-electron chi connectivity index (χ0n) is 11.9. The molecule has 0 bridgehead atoms. The molecule has 0 aromatic heterocycles. The summed E-state index contributed by atoms with van der Waals surface area (Å²) >= 11 is 0. The number of nitrogens with one attached hydrogen (secondary N) is 1. The van der Waals surface area contributed by atoms with Crippen LogP contribution in [0, 0.1) is 0 Å². The molecule has 19 heavy (non-hydrogen) atoms. The van der Waals surface area contributed by atoms with Crippen molar-refractivity contribution in [1.82, 2.24) is 15.1 Å². The lowest BCUT2D eigenvalue weighted by Gasteiger charge is -2.38. The molecule has 2 atom stereocenters. The van der Waals surface area contributed by atoms with Crippen LogP contribution >= 0.6 is 0 Å². The smallest absolute Gasteiger partial charge is 0.224 e. The molecule has 3 aliphatic rings. The molecular weight excluding hydrogens is 238 g/mol. The van der Waals surface area contributed by atoms with Gasteiger partial charge in [0.2, 0.25) is 5.91 Å². The van der Waals surface area contributed by atoms with Gasteiger partial charge in [0.25, 0.3) is 0 Å². The summed E-state index contributed by atoms with van der Waals surface area (Å²) in [6.07, 6.45) is 8.28. The molecule has 1 amide bonds. The summed E-state index contributed by atoms with van der Waals surface area (Å²) in [7, 11) is 0. The first-order chi connectivity index (χ1) is 9.33. The van der Waals surface area contributed by atoms with Crippen molar-refractivity contribution in [3.8, 4) is 0 Å². The number of piperidine rings is 1. The molecule has 0 aromatic rings. The van der Waals surface area contributed by atoms with E-state index in [1.807, 2.05) is 0 Å². The third-order valence-electron chi connectivity index (χ3n) is 4.99. The van der Waals surface area contributed by atoms with E-state index in [0.717, 1.165) is 19.6 Å². The normalized spacial score (nSPS) is 32.9. The van der Waals surface area contributed by atoms with E-state index >= 15 is 0 Å². The molecule has 0 saturated carbocycles. The van der Waals surface area contributed by atoms with Gasteiger partial charge in [-0.2, -0.15) is 0 Å². The largest absolute Gasteiger partial charge is 0.341 e. The topological polar surface area (TPSA) is 35.6 Å². The maximum absolute atomic E-state index is 12.4. The molecule has 4 nitrogen and oxygen atoms in total. The van der Waals surface area contributed by atoms with Gasteiger partial charge in [-0.15, -0.1) is 0 Å². The van der Waals surface area contributed by atoms with Crippen molar-refractivity contribution in [2.24, 2.45) is 0 Å². The predicted molar refractivity (Wildman–Crippen MR) is 76.1 cm³/mol. The van der Waals surface area contributed by atoms with Crippen molar-refractivity contribution < 1.29 is 4.79 Å². The van der Waals surface area contributed by atoms with Crippen molar-refractivity contribution in [3.05, 3.63) is 0 Å². The van der Waals surface area contributed by atoms with Crippen molar-refractivity contribution in [3.63, 3.8) is 0 Å². The average Bonchev–Trinajstić information content (AvgIpc) is 3.12. The fraction of sp³-hybridized carbons (Fsp3) is 0.933. The maximum atomic E-state index is 12.4. The second kappa shape index (κ2) is 6.23. The van der Waals surface area contributed by atoms with Crippen LogP contribution in [-0.2, 0) is 4.79 Å². The summed E-state index contributed by atoms with van der Waals surface area (Å²) in [6, 6.07) is 1.08. The average molecular weight is 265 g/mol. The maximum Gasteiger partial charge on any atom is 0.224 e. The fourth-order valence-electron chi connectivity index (χ4n) is 3.86. The van der Waals surface area contributed by atoms with Gasteiger partial charge in [-0.05, 0) is 58.2 Å². The first-order valence-corrected chi connectivity index (χ1v) is 8.08. The van der Waals surface area contributed by atoms with Crippen LogP contribution in [-0.4, -0.2) is 60.5 Å². The van der Waals surface area contributed by atoms with Gasteiger partial charge in [-0.3, -0.25) is 9.69 Å². The lowest BCUT2D eigenvalue weighted by molar-refractivity contribution is -0.133. The van der Waals surface area contributed by atoms with Crippen LogP contribution < -0.4 is 5.32 Å². The Bertz CT molecular complexity index is 309. The Morgan fingerprint density at radius 1 is 1.05 bits per heavy atom. The van der Waals surface area contributed by atoms with Crippen LogP contribution in [0.3, 0.4) is 0 Å². The van der Waals surface area contributed by atoms with E-state index in [9.17, 15) is 4.79 Å². The first-order valence-electron chi connectivity index (χ1n) is 8.08. The van der Waals surface area contributed by atoms with Crippen molar-refractivity contribution in [1.29, 1.82) is 0 Å². The van der Waals surface area contributed by atoms with Gasteiger partial charge in [0, 0.05) is 31.6 Å². The highest BCUT2D eigenvalue weighted by Gasteiger charge is 2.30. The monoisotopic (exact) mass is 265 g/mol. The SMILES string of the molecule is O=C(CC1CCCN1)N1CCCC(N2CCCC2)C1. The quantitative estimate of drug-likeness (QED) is 0.833. The molecule has 0 aliphatic carbocycles. The number of likely N-dealkylation sites (tertiary alicyclic amines) is 2. The zero-order valence-corrected chi connectivity index (χ0v) is 11.9. The van der Waals surface area contributed by atoms with Gasteiger partial charge in [0.15, 0.2) is 0 Å². The first kappa shape index (κ1) is 13.4. The van der Waals surface area contributed by atoms with Crippen LogP contribution in [0.25, 0.3) is 0 Å². The van der Waals surface area contributed by atoms with E-state index < -0.39 is 0 Å². The molecule has 1 N–H and O–H groups in total. The number of hydrogen-bond donors (Lipinski definition) is 1. The molecule has 4 heteroatoms. The molecular formula is C15H27N3O. The lowest BCUT2D eigenvalue weighted by Crippen LogP contribution is -2.49. The Morgan fingerprint density at radius 2 is 1.89 bits per heavy atom. The molecule has 3 saturated heterocycles. The highest BCUT2D eigenvalue weighted by Crippen LogP contribution is 2.21. The molecule has 3 fully saturated rings. The Morgan fingerprint density at radius 3 is 2.63 bits per heavy atom.